The maximum atomic E-state index is 13.6. The number of para-hydroxylation sites is 1. The van der Waals surface area contributed by atoms with Crippen LogP contribution in [0.5, 0.6) is 0 Å². The minimum Gasteiger partial charge on any atom is -0.387 e. The van der Waals surface area contributed by atoms with Crippen LogP contribution in [0.25, 0.3) is 10.9 Å². The molecule has 2 atom stereocenters. The molecule has 0 saturated carbocycles. The molecule has 0 radical (unpaired) electrons. The number of carbonyl (C=O) groups is 1. The summed E-state index contributed by atoms with van der Waals surface area (Å²) in [6.07, 6.45) is 9.71. The number of imidazole rings is 1. The summed E-state index contributed by atoms with van der Waals surface area (Å²) in [6, 6.07) is 11.9. The highest BCUT2D eigenvalue weighted by molar-refractivity contribution is 6.11. The molecule has 2 unspecified atom stereocenters. The Bertz CT molecular complexity index is 1160. The maximum Gasteiger partial charge on any atom is 0.159 e. The number of nitrogens with two attached hydrogens (primary N) is 1. The summed E-state index contributed by atoms with van der Waals surface area (Å²) in [4.78, 5) is 22.7. The number of rotatable bonds is 8. The van der Waals surface area contributed by atoms with E-state index in [1.807, 2.05) is 61.7 Å². The highest BCUT2D eigenvalue weighted by Gasteiger charge is 2.45. The molecule has 0 bridgehead atoms. The number of hydrogen-bond acceptors (Lipinski definition) is 4. The Kier molecular flexibility index (Phi) is 6.21. The topological polar surface area (TPSA) is 97.7 Å². The van der Waals surface area contributed by atoms with Crippen LogP contribution >= 0.6 is 0 Å². The van der Waals surface area contributed by atoms with Crippen LogP contribution in [-0.4, -0.2) is 26.2 Å². The Morgan fingerprint density at radius 2 is 2.00 bits per heavy atom. The molecule has 0 spiro atoms. The Morgan fingerprint density at radius 3 is 2.75 bits per heavy atom. The van der Waals surface area contributed by atoms with Gasteiger partial charge in [-0.3, -0.25) is 15.2 Å². The number of amidine groups is 1. The SMILES string of the molecule is Cc1cnc(C)n1CCCCCC1(C(=N)N)C=CCC(c2ccc3ccccc3n2)C1=O. The molecule has 32 heavy (non-hydrogen) atoms. The van der Waals surface area contributed by atoms with Crippen molar-refractivity contribution >= 4 is 22.5 Å². The van der Waals surface area contributed by atoms with Gasteiger partial charge in [-0.15, -0.1) is 0 Å². The van der Waals surface area contributed by atoms with Crippen LogP contribution in [0.15, 0.2) is 54.7 Å². The van der Waals surface area contributed by atoms with Gasteiger partial charge in [0.25, 0.3) is 0 Å². The van der Waals surface area contributed by atoms with Crippen LogP contribution in [0.1, 0.15) is 55.2 Å². The van der Waals surface area contributed by atoms with Crippen LogP contribution in [0, 0.1) is 24.7 Å². The number of fused-ring (bicyclic) bond motifs is 1. The third-order valence-corrected chi connectivity index (χ3v) is 6.70. The molecule has 0 aliphatic heterocycles. The number of benzene rings is 1. The summed E-state index contributed by atoms with van der Waals surface area (Å²) < 4.78 is 2.22. The lowest BCUT2D eigenvalue weighted by Gasteiger charge is -2.34. The van der Waals surface area contributed by atoms with Crippen LogP contribution in [0.2, 0.25) is 0 Å². The molecular formula is C26H31N5O. The standard InChI is InChI=1S/C26H31N5O/c1-18-17-29-19(2)31(18)16-7-3-6-14-26(25(27)28)15-8-10-21(24(26)32)23-13-12-20-9-4-5-11-22(20)30-23/h4-5,8-9,11-13,15,17,21H,3,6-7,10,14,16H2,1-2H3,(H3,27,28). The monoisotopic (exact) mass is 429 g/mol. The van der Waals surface area contributed by atoms with E-state index in [-0.39, 0.29) is 17.5 Å². The molecule has 1 aliphatic rings. The summed E-state index contributed by atoms with van der Waals surface area (Å²) in [5.74, 6) is 0.589. The average Bonchev–Trinajstić information content (AvgIpc) is 3.11. The van der Waals surface area contributed by atoms with Crippen molar-refractivity contribution in [1.29, 1.82) is 5.41 Å². The Hall–Kier alpha value is -3.28. The number of hydrogen-bond donors (Lipinski definition) is 2. The molecule has 6 heteroatoms. The number of allylic oxidation sites excluding steroid dienone is 1. The Morgan fingerprint density at radius 1 is 1.19 bits per heavy atom. The van der Waals surface area contributed by atoms with Crippen molar-refractivity contribution in [2.45, 2.75) is 58.4 Å². The van der Waals surface area contributed by atoms with Crippen LogP contribution in [0.3, 0.4) is 0 Å². The molecule has 2 aromatic heterocycles. The second-order valence-electron chi connectivity index (χ2n) is 8.78. The molecule has 3 aromatic rings. The van der Waals surface area contributed by atoms with E-state index >= 15 is 0 Å². The molecule has 1 aliphatic carbocycles. The molecule has 2 heterocycles. The van der Waals surface area contributed by atoms with Crippen molar-refractivity contribution in [2.24, 2.45) is 11.1 Å². The highest BCUT2D eigenvalue weighted by atomic mass is 16.1. The van der Waals surface area contributed by atoms with E-state index in [9.17, 15) is 4.79 Å². The van der Waals surface area contributed by atoms with Gasteiger partial charge in [-0.1, -0.05) is 49.3 Å². The van der Waals surface area contributed by atoms with Crippen molar-refractivity contribution in [3.05, 3.63) is 72.0 Å². The zero-order valence-electron chi connectivity index (χ0n) is 18.8. The van der Waals surface area contributed by atoms with Crippen LogP contribution in [0.4, 0.5) is 0 Å². The molecule has 0 saturated heterocycles. The highest BCUT2D eigenvalue weighted by Crippen LogP contribution is 2.40. The average molecular weight is 430 g/mol. The minimum absolute atomic E-state index is 0.00317. The smallest absolute Gasteiger partial charge is 0.159 e. The van der Waals surface area contributed by atoms with Crippen molar-refractivity contribution < 1.29 is 4.79 Å². The van der Waals surface area contributed by atoms with Crippen molar-refractivity contribution in [2.75, 3.05) is 0 Å². The number of pyridine rings is 1. The van der Waals surface area contributed by atoms with Gasteiger partial charge in [0, 0.05) is 23.8 Å². The number of Topliss-reactive ketones (excluding diaryl/α,β-unsaturated/α-hetero) is 1. The Balaban J connectivity index is 1.46. The van der Waals surface area contributed by atoms with E-state index in [2.05, 4.69) is 16.5 Å². The molecule has 1 aromatic carbocycles. The fourth-order valence-corrected chi connectivity index (χ4v) is 4.77. The molecule has 166 valence electrons. The third kappa shape index (κ3) is 4.09. The molecule has 4 rings (SSSR count). The number of nitrogens with one attached hydrogen (secondary N) is 1. The van der Waals surface area contributed by atoms with Gasteiger partial charge in [-0.25, -0.2) is 4.98 Å². The first-order valence-corrected chi connectivity index (χ1v) is 11.3. The summed E-state index contributed by atoms with van der Waals surface area (Å²) in [7, 11) is 0. The number of aromatic nitrogens is 3. The largest absolute Gasteiger partial charge is 0.387 e. The second-order valence-corrected chi connectivity index (χ2v) is 8.78. The summed E-state index contributed by atoms with van der Waals surface area (Å²) >= 11 is 0. The molecule has 0 fully saturated rings. The van der Waals surface area contributed by atoms with Gasteiger partial charge >= 0.3 is 0 Å². The lowest BCUT2D eigenvalue weighted by Crippen LogP contribution is -2.46. The van der Waals surface area contributed by atoms with E-state index in [0.717, 1.165) is 48.2 Å². The minimum atomic E-state index is -1.03. The number of ketones is 1. The summed E-state index contributed by atoms with van der Waals surface area (Å²) in [5, 5.41) is 9.33. The van der Waals surface area contributed by atoms with E-state index in [4.69, 9.17) is 16.1 Å². The van der Waals surface area contributed by atoms with Gasteiger partial charge in [0.1, 0.15) is 17.1 Å². The van der Waals surface area contributed by atoms with Crippen molar-refractivity contribution in [1.82, 2.24) is 14.5 Å². The van der Waals surface area contributed by atoms with Crippen LogP contribution < -0.4 is 5.73 Å². The summed E-state index contributed by atoms with van der Waals surface area (Å²) in [6.45, 7) is 5.00. The predicted molar refractivity (Wildman–Crippen MR) is 128 cm³/mol. The van der Waals surface area contributed by atoms with Crippen molar-refractivity contribution in [3.63, 3.8) is 0 Å². The fraction of sp³-hybridized carbons (Fsp3) is 0.385. The zero-order chi connectivity index (χ0) is 22.7. The molecule has 0 amide bonds. The predicted octanol–water partition coefficient (Wildman–Crippen LogP) is 4.84. The first-order chi connectivity index (χ1) is 15.4. The fourth-order valence-electron chi connectivity index (χ4n) is 4.77. The van der Waals surface area contributed by atoms with E-state index in [1.165, 1.54) is 5.69 Å². The zero-order valence-corrected chi connectivity index (χ0v) is 18.8. The third-order valence-electron chi connectivity index (χ3n) is 6.70. The van der Waals surface area contributed by atoms with E-state index < -0.39 is 5.41 Å². The molecule has 6 nitrogen and oxygen atoms in total. The van der Waals surface area contributed by atoms with Crippen molar-refractivity contribution in [3.8, 4) is 0 Å². The van der Waals surface area contributed by atoms with Gasteiger partial charge in [-0.2, -0.15) is 0 Å². The molecule has 3 N–H and O–H groups in total. The van der Waals surface area contributed by atoms with Gasteiger partial charge in [0.2, 0.25) is 0 Å². The quantitative estimate of drug-likeness (QED) is 0.232. The first kappa shape index (κ1) is 21.9. The summed E-state index contributed by atoms with van der Waals surface area (Å²) in [5.41, 5.74) is 7.81. The lowest BCUT2D eigenvalue weighted by atomic mass is 9.68. The van der Waals surface area contributed by atoms with Gasteiger partial charge in [0.15, 0.2) is 5.78 Å². The maximum absolute atomic E-state index is 13.6. The van der Waals surface area contributed by atoms with Crippen LogP contribution in [-0.2, 0) is 11.3 Å². The van der Waals surface area contributed by atoms with Gasteiger partial charge < -0.3 is 10.3 Å². The normalized spacial score (nSPS) is 20.7. The number of unbranched alkanes of at least 4 members (excludes halogenated alkanes) is 2. The first-order valence-electron chi connectivity index (χ1n) is 11.3. The van der Waals surface area contributed by atoms with Gasteiger partial charge in [-0.05, 0) is 45.2 Å². The lowest BCUT2D eigenvalue weighted by molar-refractivity contribution is -0.126. The number of carbonyl (C=O) groups excluding carboxylic acids is 1. The molecular weight excluding hydrogens is 398 g/mol. The number of aryl methyl sites for hydroxylation is 2. The van der Waals surface area contributed by atoms with E-state index in [1.54, 1.807) is 0 Å². The second kappa shape index (κ2) is 9.07. The number of nitrogens with zero attached hydrogens (tertiary/aromatic N) is 3. The van der Waals surface area contributed by atoms with E-state index in [0.29, 0.717) is 12.8 Å². The van der Waals surface area contributed by atoms with Gasteiger partial charge in [0.05, 0.1) is 17.1 Å². The Labute approximate surface area is 189 Å².